The molecule has 0 aromatic heterocycles. The second kappa shape index (κ2) is 10.2. The van der Waals surface area contributed by atoms with Crippen molar-refractivity contribution >= 4 is 27.3 Å². The van der Waals surface area contributed by atoms with Crippen LogP contribution in [0.25, 0.3) is 11.0 Å². The Hall–Kier alpha value is -2.01. The van der Waals surface area contributed by atoms with Gasteiger partial charge in [-0.3, -0.25) is 0 Å². The number of benzene rings is 2. The number of methoxy groups -OCH3 is 1. The second-order valence-corrected chi connectivity index (χ2v) is 18.2. The molecule has 0 aliphatic heterocycles. The largest absolute Gasteiger partial charge is 0.538 e. The average Bonchev–Trinajstić information content (AvgIpc) is 2.74. The van der Waals surface area contributed by atoms with Gasteiger partial charge in [-0.05, 0) is 41.0 Å². The zero-order valence-corrected chi connectivity index (χ0v) is 21.1. The molecule has 0 unspecified atom stereocenters. The molecular formula is C25H36O2Si2. The molecule has 0 fully saturated rings. The maximum absolute atomic E-state index is 6.88. The van der Waals surface area contributed by atoms with Crippen LogP contribution in [-0.4, -0.2) is 23.5 Å². The second-order valence-electron chi connectivity index (χ2n) is 8.52. The molecule has 2 rings (SSSR count). The van der Waals surface area contributed by atoms with Gasteiger partial charge in [0.1, 0.15) is 5.75 Å². The minimum absolute atomic E-state index is 0.876. The minimum atomic E-state index is -1.82. The Balaban J connectivity index is 2.74. The van der Waals surface area contributed by atoms with Crippen molar-refractivity contribution in [2.24, 2.45) is 0 Å². The van der Waals surface area contributed by atoms with Gasteiger partial charge < -0.3 is 9.16 Å². The predicted octanol–water partition coefficient (Wildman–Crippen LogP) is 7.62. The lowest BCUT2D eigenvalue weighted by molar-refractivity contribution is 0.415. The van der Waals surface area contributed by atoms with Gasteiger partial charge in [0.05, 0.1) is 15.2 Å². The molecule has 4 heteroatoms. The molecular weight excluding hydrogens is 388 g/mol. The number of hydrogen-bond acceptors (Lipinski definition) is 2. The van der Waals surface area contributed by atoms with Crippen molar-refractivity contribution in [3.8, 4) is 5.75 Å². The molecule has 2 nitrogen and oxygen atoms in total. The number of ether oxygens (including phenoxy) is 1. The Morgan fingerprint density at radius 2 is 1.34 bits per heavy atom. The standard InChI is InChI=1S/C25H36O2Si2/c1-8-29(9-2,10-3)27-24(21-14-12-11-13-15-21)20-25(28(5,6)7)22-16-18-23(26-4)19-17-22/h11-19H,8-10H2,1-7H3. The molecule has 29 heavy (non-hydrogen) atoms. The lowest BCUT2D eigenvalue weighted by Gasteiger charge is -2.30. The number of rotatable bonds is 9. The highest BCUT2D eigenvalue weighted by Gasteiger charge is 2.32. The zero-order chi connectivity index (χ0) is 21.5. The Bertz CT molecular complexity index is 830. The van der Waals surface area contributed by atoms with Crippen LogP contribution in [-0.2, 0) is 4.43 Å². The van der Waals surface area contributed by atoms with Crippen LogP contribution in [0.4, 0.5) is 0 Å². The molecule has 0 spiro atoms. The molecule has 0 radical (unpaired) electrons. The summed E-state index contributed by atoms with van der Waals surface area (Å²) in [5, 5.41) is 1.28. The Morgan fingerprint density at radius 1 is 0.793 bits per heavy atom. The first-order chi connectivity index (χ1) is 13.8. The van der Waals surface area contributed by atoms with Gasteiger partial charge >= 0.3 is 0 Å². The molecule has 0 aliphatic rings. The number of hydrogen-bond donors (Lipinski definition) is 0. The predicted molar refractivity (Wildman–Crippen MR) is 131 cm³/mol. The van der Waals surface area contributed by atoms with Crippen LogP contribution in [0.5, 0.6) is 5.75 Å². The van der Waals surface area contributed by atoms with E-state index in [4.69, 9.17) is 9.16 Å². The normalized spacial score (nSPS) is 11.6. The zero-order valence-electron chi connectivity index (χ0n) is 19.1. The van der Waals surface area contributed by atoms with E-state index in [1.165, 1.54) is 10.8 Å². The van der Waals surface area contributed by atoms with Gasteiger partial charge in [0.25, 0.3) is 8.32 Å². The first-order valence-electron chi connectivity index (χ1n) is 10.7. The molecule has 2 aromatic rings. The van der Waals surface area contributed by atoms with E-state index in [2.05, 4.69) is 88.6 Å². The van der Waals surface area contributed by atoms with Crippen molar-refractivity contribution in [2.75, 3.05) is 7.11 Å². The highest BCUT2D eigenvalue weighted by atomic mass is 28.4. The first-order valence-corrected chi connectivity index (χ1v) is 16.7. The fourth-order valence-electron chi connectivity index (χ4n) is 3.49. The van der Waals surface area contributed by atoms with E-state index in [1.54, 1.807) is 7.11 Å². The average molecular weight is 425 g/mol. The van der Waals surface area contributed by atoms with Crippen molar-refractivity contribution in [1.29, 1.82) is 0 Å². The lowest BCUT2D eigenvalue weighted by atomic mass is 10.1. The van der Waals surface area contributed by atoms with Crippen LogP contribution in [0, 0.1) is 0 Å². The summed E-state index contributed by atoms with van der Waals surface area (Å²) in [6, 6.07) is 22.2. The third kappa shape index (κ3) is 5.99. The maximum atomic E-state index is 6.88. The molecule has 0 amide bonds. The van der Waals surface area contributed by atoms with Crippen LogP contribution >= 0.6 is 0 Å². The van der Waals surface area contributed by atoms with Gasteiger partial charge in [-0.1, -0.05) is 88.6 Å². The lowest BCUT2D eigenvalue weighted by Crippen LogP contribution is -2.35. The first kappa shape index (κ1) is 23.3. The summed E-state index contributed by atoms with van der Waals surface area (Å²) in [7, 11) is -1.80. The summed E-state index contributed by atoms with van der Waals surface area (Å²) in [6.45, 7) is 13.9. The van der Waals surface area contributed by atoms with Crippen molar-refractivity contribution in [1.82, 2.24) is 0 Å². The van der Waals surface area contributed by atoms with Crippen molar-refractivity contribution < 1.29 is 9.16 Å². The SMILES string of the molecule is CC[Si](CC)(CC)OC(=C=C(c1ccc(OC)cc1)[Si](C)(C)C)c1ccccc1. The maximum Gasteiger partial charge on any atom is 0.251 e. The fraction of sp³-hybridized carbons (Fsp3) is 0.400. The molecule has 0 aliphatic carbocycles. The summed E-state index contributed by atoms with van der Waals surface area (Å²) >= 11 is 0. The highest BCUT2D eigenvalue weighted by molar-refractivity contribution is 6.93. The molecule has 0 N–H and O–H groups in total. The minimum Gasteiger partial charge on any atom is -0.538 e. The molecule has 0 atom stereocenters. The van der Waals surface area contributed by atoms with Crippen LogP contribution < -0.4 is 4.74 Å². The van der Waals surface area contributed by atoms with Gasteiger partial charge in [-0.25, -0.2) is 0 Å². The summed E-state index contributed by atoms with van der Waals surface area (Å²) in [6.07, 6.45) is 0. The summed E-state index contributed by atoms with van der Waals surface area (Å²) < 4.78 is 12.2. The monoisotopic (exact) mass is 424 g/mol. The van der Waals surface area contributed by atoms with Gasteiger partial charge in [0.2, 0.25) is 0 Å². The quantitative estimate of drug-likeness (QED) is 0.234. The van der Waals surface area contributed by atoms with Gasteiger partial charge in [-0.2, -0.15) is 0 Å². The van der Waals surface area contributed by atoms with Crippen LogP contribution in [0.3, 0.4) is 0 Å². The summed E-state index contributed by atoms with van der Waals surface area (Å²) in [5.41, 5.74) is 6.11. The summed E-state index contributed by atoms with van der Waals surface area (Å²) in [5.74, 6) is 1.79. The van der Waals surface area contributed by atoms with Crippen LogP contribution in [0.2, 0.25) is 37.8 Å². The summed E-state index contributed by atoms with van der Waals surface area (Å²) in [4.78, 5) is 0. The van der Waals surface area contributed by atoms with E-state index in [0.29, 0.717) is 0 Å². The molecule has 0 saturated carbocycles. The molecule has 2 aromatic carbocycles. The van der Waals surface area contributed by atoms with Crippen molar-refractivity contribution in [2.45, 2.75) is 58.5 Å². The van der Waals surface area contributed by atoms with E-state index >= 15 is 0 Å². The van der Waals surface area contributed by atoms with E-state index in [-0.39, 0.29) is 0 Å². The molecule has 0 bridgehead atoms. The Kier molecular flexibility index (Phi) is 8.15. The third-order valence-corrected chi connectivity index (χ3v) is 12.1. The fourth-order valence-corrected chi connectivity index (χ4v) is 7.55. The molecule has 156 valence electrons. The van der Waals surface area contributed by atoms with Gasteiger partial charge in [0, 0.05) is 5.56 Å². The van der Waals surface area contributed by atoms with E-state index in [1.807, 2.05) is 12.1 Å². The molecule has 0 heterocycles. The van der Waals surface area contributed by atoms with Crippen molar-refractivity contribution in [3.63, 3.8) is 0 Å². The van der Waals surface area contributed by atoms with Crippen molar-refractivity contribution in [3.05, 3.63) is 71.5 Å². The third-order valence-electron chi connectivity index (χ3n) is 5.65. The highest BCUT2D eigenvalue weighted by Crippen LogP contribution is 2.32. The van der Waals surface area contributed by atoms with Gasteiger partial charge in [0.15, 0.2) is 5.76 Å². The van der Waals surface area contributed by atoms with E-state index in [9.17, 15) is 0 Å². The van der Waals surface area contributed by atoms with Crippen LogP contribution in [0.1, 0.15) is 31.9 Å². The Labute approximate surface area is 179 Å². The smallest absolute Gasteiger partial charge is 0.251 e. The van der Waals surface area contributed by atoms with Crippen LogP contribution in [0.15, 0.2) is 60.3 Å². The van der Waals surface area contributed by atoms with E-state index < -0.39 is 16.4 Å². The molecule has 0 saturated heterocycles. The Morgan fingerprint density at radius 3 is 1.79 bits per heavy atom. The topological polar surface area (TPSA) is 18.5 Å². The van der Waals surface area contributed by atoms with E-state index in [0.717, 1.165) is 35.2 Å². The van der Waals surface area contributed by atoms with Gasteiger partial charge in [-0.15, -0.1) is 0 Å².